The Bertz CT molecular complexity index is 1050. The zero-order valence-electron chi connectivity index (χ0n) is 16.1. The molecule has 4 heteroatoms. The minimum Gasteiger partial charge on any atom is -0.329 e. The first-order valence-electron chi connectivity index (χ1n) is 9.64. The van der Waals surface area contributed by atoms with Crippen molar-refractivity contribution in [2.45, 2.75) is 25.9 Å². The minimum atomic E-state index is 0.225. The number of hydrogen-bond donors (Lipinski definition) is 2. The van der Waals surface area contributed by atoms with Crippen LogP contribution in [-0.4, -0.2) is 17.6 Å². The number of aryl methyl sites for hydroxylation is 1. The van der Waals surface area contributed by atoms with Gasteiger partial charge in [-0.3, -0.25) is 4.98 Å². The third-order valence-corrected chi connectivity index (χ3v) is 6.02. The van der Waals surface area contributed by atoms with Crippen molar-refractivity contribution in [2.75, 3.05) is 6.54 Å². The number of thiophene rings is 1. The molecular formula is C24H25N3S. The quantitative estimate of drug-likeness (QED) is 0.473. The normalized spacial score (nSPS) is 12.4. The average Bonchev–Trinajstić information content (AvgIpc) is 3.17. The van der Waals surface area contributed by atoms with E-state index < -0.39 is 0 Å². The predicted octanol–water partition coefficient (Wildman–Crippen LogP) is 4.93. The number of hydrogen-bond acceptors (Lipinski definition) is 4. The van der Waals surface area contributed by atoms with Gasteiger partial charge < -0.3 is 11.1 Å². The summed E-state index contributed by atoms with van der Waals surface area (Å²) in [6.45, 7) is 3.53. The molecule has 1 atom stereocenters. The molecule has 2 heterocycles. The van der Waals surface area contributed by atoms with Crippen LogP contribution in [0.2, 0.25) is 0 Å². The molecule has 3 nitrogen and oxygen atoms in total. The van der Waals surface area contributed by atoms with Crippen LogP contribution in [-0.2, 0) is 13.0 Å². The van der Waals surface area contributed by atoms with Crippen LogP contribution in [0.1, 0.15) is 16.0 Å². The van der Waals surface area contributed by atoms with Crippen LogP contribution in [0.4, 0.5) is 0 Å². The number of nitrogens with zero attached hydrogens (tertiary/aromatic N) is 1. The summed E-state index contributed by atoms with van der Waals surface area (Å²) in [6, 6.07) is 23.8. The number of benzene rings is 2. The molecule has 2 aromatic carbocycles. The lowest BCUT2D eigenvalue weighted by atomic mass is 10.1. The Morgan fingerprint density at radius 3 is 2.50 bits per heavy atom. The van der Waals surface area contributed by atoms with Crippen molar-refractivity contribution >= 4 is 22.1 Å². The summed E-state index contributed by atoms with van der Waals surface area (Å²) in [4.78, 5) is 7.17. The van der Waals surface area contributed by atoms with Gasteiger partial charge in [-0.25, -0.2) is 0 Å². The summed E-state index contributed by atoms with van der Waals surface area (Å²) in [6.07, 6.45) is 2.85. The van der Waals surface area contributed by atoms with E-state index in [0.717, 1.165) is 18.7 Å². The minimum absolute atomic E-state index is 0.225. The second-order valence-corrected chi connectivity index (χ2v) is 8.45. The third kappa shape index (κ3) is 4.47. The summed E-state index contributed by atoms with van der Waals surface area (Å²) >= 11 is 1.78. The van der Waals surface area contributed by atoms with Crippen molar-refractivity contribution in [2.24, 2.45) is 5.73 Å². The van der Waals surface area contributed by atoms with Crippen LogP contribution < -0.4 is 11.1 Å². The Labute approximate surface area is 170 Å². The summed E-state index contributed by atoms with van der Waals surface area (Å²) in [5, 5.41) is 6.14. The summed E-state index contributed by atoms with van der Waals surface area (Å²) < 4.78 is 0. The smallest absolute Gasteiger partial charge is 0.0801 e. The van der Waals surface area contributed by atoms with Crippen LogP contribution >= 0.6 is 11.3 Å². The van der Waals surface area contributed by atoms with E-state index in [1.807, 2.05) is 6.20 Å². The maximum atomic E-state index is 6.02. The molecule has 0 saturated heterocycles. The monoisotopic (exact) mass is 387 g/mol. The van der Waals surface area contributed by atoms with Crippen molar-refractivity contribution in [3.8, 4) is 10.6 Å². The standard InChI is InChI=1S/C24H25N3S/c1-17-6-11-24(28-17)23-10-8-19(16-27-23)13-22(14-25)26-15-18-7-9-20-4-2-3-5-21(20)12-18/h2-12,16,22,26H,13-15,25H2,1H3. The molecule has 0 fully saturated rings. The Balaban J connectivity index is 1.38. The molecule has 1 unspecified atom stereocenters. The van der Waals surface area contributed by atoms with E-state index >= 15 is 0 Å². The number of pyridine rings is 1. The highest BCUT2D eigenvalue weighted by Gasteiger charge is 2.09. The Hall–Kier alpha value is -2.53. The van der Waals surface area contributed by atoms with Crippen LogP contribution in [0.15, 0.2) is 72.9 Å². The molecule has 142 valence electrons. The van der Waals surface area contributed by atoms with Gasteiger partial charge in [0.05, 0.1) is 10.6 Å². The van der Waals surface area contributed by atoms with Crippen LogP contribution in [0.3, 0.4) is 0 Å². The highest BCUT2D eigenvalue weighted by molar-refractivity contribution is 7.15. The number of nitrogens with two attached hydrogens (primary N) is 1. The van der Waals surface area contributed by atoms with Crippen molar-refractivity contribution in [1.82, 2.24) is 10.3 Å². The maximum Gasteiger partial charge on any atom is 0.0801 e. The van der Waals surface area contributed by atoms with E-state index in [1.54, 1.807) is 11.3 Å². The van der Waals surface area contributed by atoms with Gasteiger partial charge in [0.25, 0.3) is 0 Å². The lowest BCUT2D eigenvalue weighted by Gasteiger charge is -2.17. The SMILES string of the molecule is Cc1ccc(-c2ccc(CC(CN)NCc3ccc4ccccc4c3)cn2)s1. The van der Waals surface area contributed by atoms with Crippen molar-refractivity contribution < 1.29 is 0 Å². The van der Waals surface area contributed by atoms with Gasteiger partial charge in [0.15, 0.2) is 0 Å². The fourth-order valence-electron chi connectivity index (χ4n) is 3.40. The Kier molecular flexibility index (Phi) is 5.81. The molecule has 4 rings (SSSR count). The lowest BCUT2D eigenvalue weighted by Crippen LogP contribution is -2.37. The van der Waals surface area contributed by atoms with E-state index in [1.165, 1.54) is 31.7 Å². The van der Waals surface area contributed by atoms with Gasteiger partial charge in [0.1, 0.15) is 0 Å². The molecular weight excluding hydrogens is 362 g/mol. The predicted molar refractivity (Wildman–Crippen MR) is 120 cm³/mol. The fourth-order valence-corrected chi connectivity index (χ4v) is 4.24. The van der Waals surface area contributed by atoms with Gasteiger partial charge in [-0.05, 0) is 59.5 Å². The molecule has 28 heavy (non-hydrogen) atoms. The maximum absolute atomic E-state index is 6.02. The molecule has 0 spiro atoms. The highest BCUT2D eigenvalue weighted by Crippen LogP contribution is 2.26. The second kappa shape index (κ2) is 8.65. The fraction of sp³-hybridized carbons (Fsp3) is 0.208. The van der Waals surface area contributed by atoms with Gasteiger partial charge in [-0.2, -0.15) is 0 Å². The number of rotatable bonds is 7. The number of fused-ring (bicyclic) bond motifs is 1. The molecule has 0 saturated carbocycles. The second-order valence-electron chi connectivity index (χ2n) is 7.16. The van der Waals surface area contributed by atoms with Gasteiger partial charge in [-0.1, -0.05) is 42.5 Å². The zero-order valence-corrected chi connectivity index (χ0v) is 16.9. The van der Waals surface area contributed by atoms with Crippen molar-refractivity contribution in [3.05, 3.63) is 88.9 Å². The Morgan fingerprint density at radius 1 is 0.964 bits per heavy atom. The van der Waals surface area contributed by atoms with Crippen LogP contribution in [0.5, 0.6) is 0 Å². The molecule has 0 radical (unpaired) electrons. The van der Waals surface area contributed by atoms with E-state index in [4.69, 9.17) is 5.73 Å². The van der Waals surface area contributed by atoms with Gasteiger partial charge in [0, 0.05) is 30.2 Å². The summed E-state index contributed by atoms with van der Waals surface area (Å²) in [5.74, 6) is 0. The van der Waals surface area contributed by atoms with Gasteiger partial charge in [-0.15, -0.1) is 11.3 Å². The average molecular weight is 388 g/mol. The third-order valence-electron chi connectivity index (χ3n) is 4.99. The summed E-state index contributed by atoms with van der Waals surface area (Å²) in [5.41, 5.74) is 9.54. The molecule has 0 bridgehead atoms. The summed E-state index contributed by atoms with van der Waals surface area (Å²) in [7, 11) is 0. The van der Waals surface area contributed by atoms with Crippen LogP contribution in [0, 0.1) is 6.92 Å². The first-order valence-corrected chi connectivity index (χ1v) is 10.5. The van der Waals surface area contributed by atoms with Crippen molar-refractivity contribution in [1.29, 1.82) is 0 Å². The largest absolute Gasteiger partial charge is 0.329 e. The molecule has 4 aromatic rings. The van der Waals surface area contributed by atoms with Crippen LogP contribution in [0.25, 0.3) is 21.3 Å². The molecule has 0 aliphatic rings. The molecule has 0 aliphatic heterocycles. The molecule has 0 aliphatic carbocycles. The van der Waals surface area contributed by atoms with Gasteiger partial charge >= 0.3 is 0 Å². The molecule has 3 N–H and O–H groups in total. The highest BCUT2D eigenvalue weighted by atomic mass is 32.1. The zero-order chi connectivity index (χ0) is 19.3. The lowest BCUT2D eigenvalue weighted by molar-refractivity contribution is 0.515. The first-order chi connectivity index (χ1) is 13.7. The van der Waals surface area contributed by atoms with E-state index in [2.05, 4.69) is 84.0 Å². The molecule has 0 amide bonds. The van der Waals surface area contributed by atoms with E-state index in [9.17, 15) is 0 Å². The van der Waals surface area contributed by atoms with E-state index in [0.29, 0.717) is 6.54 Å². The number of aromatic nitrogens is 1. The number of nitrogens with one attached hydrogen (secondary N) is 1. The van der Waals surface area contributed by atoms with E-state index in [-0.39, 0.29) is 6.04 Å². The first kappa shape index (κ1) is 18.8. The van der Waals surface area contributed by atoms with Crippen molar-refractivity contribution in [3.63, 3.8) is 0 Å². The topological polar surface area (TPSA) is 50.9 Å². The van der Waals surface area contributed by atoms with Gasteiger partial charge in [0.2, 0.25) is 0 Å². The molecule has 2 aromatic heterocycles. The Morgan fingerprint density at radius 2 is 1.79 bits per heavy atom.